The Morgan fingerprint density at radius 1 is 1.29 bits per heavy atom. The number of halogens is 1. The Morgan fingerprint density at radius 2 is 1.90 bits per heavy atom. The van der Waals surface area contributed by atoms with Crippen LogP contribution in [0.3, 0.4) is 0 Å². The minimum Gasteiger partial charge on any atom is -0.497 e. The topological polar surface area (TPSA) is 41.6 Å². The molecule has 1 amide bonds. The maximum Gasteiger partial charge on any atom is 0.222 e. The van der Waals surface area contributed by atoms with Crippen molar-refractivity contribution in [2.75, 3.05) is 27.2 Å². The van der Waals surface area contributed by atoms with Gasteiger partial charge < -0.3 is 15.0 Å². The first kappa shape index (κ1) is 17.8. The van der Waals surface area contributed by atoms with Crippen LogP contribution in [0.15, 0.2) is 24.3 Å². The van der Waals surface area contributed by atoms with Gasteiger partial charge in [-0.05, 0) is 49.5 Å². The SMILES string of the molecule is COc1ccc(CN(C)C(=O)CC2CCNCC2)cc1.Cl. The predicted molar refractivity (Wildman–Crippen MR) is 86.9 cm³/mol. The summed E-state index contributed by atoms with van der Waals surface area (Å²) in [5.74, 6) is 1.63. The molecule has 0 aliphatic carbocycles. The van der Waals surface area contributed by atoms with E-state index in [1.54, 1.807) is 7.11 Å². The van der Waals surface area contributed by atoms with Gasteiger partial charge in [-0.15, -0.1) is 12.4 Å². The smallest absolute Gasteiger partial charge is 0.222 e. The number of methoxy groups -OCH3 is 1. The summed E-state index contributed by atoms with van der Waals surface area (Å²) in [6, 6.07) is 7.88. The van der Waals surface area contributed by atoms with Gasteiger partial charge in [-0.1, -0.05) is 12.1 Å². The van der Waals surface area contributed by atoms with Gasteiger partial charge in [0.05, 0.1) is 7.11 Å². The molecule has 1 heterocycles. The number of carbonyl (C=O) groups excluding carboxylic acids is 1. The molecule has 0 radical (unpaired) electrons. The van der Waals surface area contributed by atoms with Crippen molar-refractivity contribution in [1.82, 2.24) is 10.2 Å². The number of ether oxygens (including phenoxy) is 1. The summed E-state index contributed by atoms with van der Waals surface area (Å²) in [5.41, 5.74) is 1.13. The Bertz CT molecular complexity index is 430. The van der Waals surface area contributed by atoms with E-state index >= 15 is 0 Å². The lowest BCUT2D eigenvalue weighted by Gasteiger charge is -2.25. The first-order chi connectivity index (χ1) is 9.69. The number of hydrogen-bond acceptors (Lipinski definition) is 3. The third-order valence-corrected chi connectivity index (χ3v) is 3.93. The third-order valence-electron chi connectivity index (χ3n) is 3.93. The van der Waals surface area contributed by atoms with E-state index in [0.29, 0.717) is 18.9 Å². The van der Waals surface area contributed by atoms with Gasteiger partial charge in [0.15, 0.2) is 0 Å². The maximum atomic E-state index is 12.2. The molecule has 5 heteroatoms. The Kier molecular flexibility index (Phi) is 7.54. The van der Waals surface area contributed by atoms with E-state index in [4.69, 9.17) is 4.74 Å². The standard InChI is InChI=1S/C16H24N2O2.ClH/c1-18(12-14-3-5-15(20-2)6-4-14)16(19)11-13-7-9-17-10-8-13;/h3-6,13,17H,7-12H2,1-2H3;1H. The highest BCUT2D eigenvalue weighted by Gasteiger charge is 2.19. The van der Waals surface area contributed by atoms with Crippen molar-refractivity contribution in [2.45, 2.75) is 25.8 Å². The molecule has 118 valence electrons. The van der Waals surface area contributed by atoms with Gasteiger partial charge >= 0.3 is 0 Å². The zero-order valence-corrected chi connectivity index (χ0v) is 13.6. The van der Waals surface area contributed by atoms with Crippen molar-refractivity contribution in [3.63, 3.8) is 0 Å². The Morgan fingerprint density at radius 3 is 2.48 bits per heavy atom. The zero-order chi connectivity index (χ0) is 14.4. The quantitative estimate of drug-likeness (QED) is 0.908. The lowest BCUT2D eigenvalue weighted by molar-refractivity contribution is -0.131. The first-order valence-electron chi connectivity index (χ1n) is 7.26. The molecule has 0 bridgehead atoms. The molecule has 1 aromatic carbocycles. The molecule has 21 heavy (non-hydrogen) atoms. The molecule has 0 spiro atoms. The molecule has 1 aromatic rings. The second kappa shape index (κ2) is 8.90. The monoisotopic (exact) mass is 312 g/mol. The average molecular weight is 313 g/mol. The number of hydrogen-bond donors (Lipinski definition) is 1. The van der Waals surface area contributed by atoms with Gasteiger partial charge in [-0.3, -0.25) is 4.79 Å². The minimum absolute atomic E-state index is 0. The number of nitrogens with zero attached hydrogens (tertiary/aromatic N) is 1. The molecule has 0 unspecified atom stereocenters. The van der Waals surface area contributed by atoms with Gasteiger partial charge in [0.25, 0.3) is 0 Å². The van der Waals surface area contributed by atoms with Crippen LogP contribution in [0.1, 0.15) is 24.8 Å². The van der Waals surface area contributed by atoms with Crippen molar-refractivity contribution >= 4 is 18.3 Å². The molecular formula is C16H25ClN2O2. The molecule has 1 fully saturated rings. The van der Waals surface area contributed by atoms with Gasteiger partial charge in [0, 0.05) is 20.0 Å². The number of rotatable bonds is 5. The van der Waals surface area contributed by atoms with E-state index in [2.05, 4.69) is 5.32 Å². The molecule has 0 aromatic heterocycles. The maximum absolute atomic E-state index is 12.2. The number of nitrogens with one attached hydrogen (secondary N) is 1. The minimum atomic E-state index is 0. The molecule has 1 aliphatic heterocycles. The Labute approximate surface area is 133 Å². The number of carbonyl (C=O) groups is 1. The van der Waals surface area contributed by atoms with Crippen LogP contribution in [-0.2, 0) is 11.3 Å². The summed E-state index contributed by atoms with van der Waals surface area (Å²) >= 11 is 0. The fourth-order valence-corrected chi connectivity index (χ4v) is 2.58. The Balaban J connectivity index is 0.00000220. The van der Waals surface area contributed by atoms with Crippen molar-refractivity contribution in [2.24, 2.45) is 5.92 Å². The second-order valence-electron chi connectivity index (χ2n) is 5.50. The first-order valence-corrected chi connectivity index (χ1v) is 7.26. The fraction of sp³-hybridized carbons (Fsp3) is 0.562. The normalized spacial score (nSPS) is 15.1. The third kappa shape index (κ3) is 5.56. The highest BCUT2D eigenvalue weighted by atomic mass is 35.5. The Hall–Kier alpha value is -1.26. The number of benzene rings is 1. The van der Waals surface area contributed by atoms with E-state index in [0.717, 1.165) is 37.2 Å². The zero-order valence-electron chi connectivity index (χ0n) is 12.8. The molecule has 1 N–H and O–H groups in total. The summed E-state index contributed by atoms with van der Waals surface area (Å²) in [7, 11) is 3.54. The van der Waals surface area contributed by atoms with Gasteiger partial charge in [-0.25, -0.2) is 0 Å². The van der Waals surface area contributed by atoms with Crippen LogP contribution >= 0.6 is 12.4 Å². The lowest BCUT2D eigenvalue weighted by Crippen LogP contribution is -2.33. The molecule has 2 rings (SSSR count). The van der Waals surface area contributed by atoms with Gasteiger partial charge in [0.1, 0.15) is 5.75 Å². The highest BCUT2D eigenvalue weighted by Crippen LogP contribution is 2.18. The van der Waals surface area contributed by atoms with Crippen LogP contribution < -0.4 is 10.1 Å². The lowest BCUT2D eigenvalue weighted by atomic mass is 9.94. The van der Waals surface area contributed by atoms with E-state index in [1.807, 2.05) is 36.2 Å². The number of piperidine rings is 1. The van der Waals surface area contributed by atoms with Crippen molar-refractivity contribution in [1.29, 1.82) is 0 Å². The van der Waals surface area contributed by atoms with Crippen LogP contribution in [0.4, 0.5) is 0 Å². The fourth-order valence-electron chi connectivity index (χ4n) is 2.58. The van der Waals surface area contributed by atoms with E-state index in [-0.39, 0.29) is 18.3 Å². The average Bonchev–Trinajstić information content (AvgIpc) is 2.49. The van der Waals surface area contributed by atoms with Gasteiger partial charge in [0.2, 0.25) is 5.91 Å². The molecule has 1 saturated heterocycles. The molecule has 4 nitrogen and oxygen atoms in total. The van der Waals surface area contributed by atoms with Crippen molar-refractivity contribution in [3.05, 3.63) is 29.8 Å². The summed E-state index contributed by atoms with van der Waals surface area (Å²) in [4.78, 5) is 14.0. The summed E-state index contributed by atoms with van der Waals surface area (Å²) in [6.45, 7) is 2.74. The van der Waals surface area contributed by atoms with Crippen LogP contribution in [0.5, 0.6) is 5.75 Å². The summed E-state index contributed by atoms with van der Waals surface area (Å²) < 4.78 is 5.14. The number of amides is 1. The molecule has 1 aliphatic rings. The predicted octanol–water partition coefficient (Wildman–Crippen LogP) is 2.47. The summed E-state index contributed by atoms with van der Waals surface area (Å²) in [5, 5.41) is 3.33. The second-order valence-corrected chi connectivity index (χ2v) is 5.50. The van der Waals surface area contributed by atoms with Crippen molar-refractivity contribution < 1.29 is 9.53 Å². The highest BCUT2D eigenvalue weighted by molar-refractivity contribution is 5.85. The van der Waals surface area contributed by atoms with Crippen LogP contribution in [0.25, 0.3) is 0 Å². The van der Waals surface area contributed by atoms with Crippen LogP contribution in [0, 0.1) is 5.92 Å². The van der Waals surface area contributed by atoms with Crippen molar-refractivity contribution in [3.8, 4) is 5.75 Å². The van der Waals surface area contributed by atoms with E-state index in [1.165, 1.54) is 0 Å². The van der Waals surface area contributed by atoms with Gasteiger partial charge in [-0.2, -0.15) is 0 Å². The van der Waals surface area contributed by atoms with Crippen LogP contribution in [-0.4, -0.2) is 38.1 Å². The largest absolute Gasteiger partial charge is 0.497 e. The molecular weight excluding hydrogens is 288 g/mol. The van der Waals surface area contributed by atoms with E-state index < -0.39 is 0 Å². The van der Waals surface area contributed by atoms with Crippen LogP contribution in [0.2, 0.25) is 0 Å². The molecule has 0 atom stereocenters. The van der Waals surface area contributed by atoms with E-state index in [9.17, 15) is 4.79 Å². The molecule has 0 saturated carbocycles. The summed E-state index contributed by atoms with van der Waals surface area (Å²) in [6.07, 6.45) is 2.90.